The van der Waals surface area contributed by atoms with Gasteiger partial charge in [-0.2, -0.15) is 0 Å². The van der Waals surface area contributed by atoms with Gasteiger partial charge in [0.2, 0.25) is 5.95 Å². The van der Waals surface area contributed by atoms with E-state index < -0.39 is 0 Å². The largest absolute Gasteiger partial charge is 0.310 e. The Morgan fingerprint density at radius 3 is 2.82 bits per heavy atom. The highest BCUT2D eigenvalue weighted by atomic mass is 15.2. The zero-order chi connectivity index (χ0) is 12.3. The number of hydrogen-bond acceptors (Lipinski definition) is 4. The highest BCUT2D eigenvalue weighted by molar-refractivity contribution is 5.21. The van der Waals surface area contributed by atoms with Gasteiger partial charge in [-0.25, -0.2) is 15.0 Å². The van der Waals surface area contributed by atoms with Gasteiger partial charge in [-0.1, -0.05) is 13.8 Å². The van der Waals surface area contributed by atoms with E-state index in [1.54, 1.807) is 17.1 Å². The number of nitrogens with zero attached hydrogens (tertiary/aromatic N) is 4. The Balaban J connectivity index is 2.17. The zero-order valence-electron chi connectivity index (χ0n) is 10.4. The molecule has 90 valence electrons. The lowest BCUT2D eigenvalue weighted by atomic mass is 10.2. The van der Waals surface area contributed by atoms with E-state index in [0.717, 1.165) is 17.8 Å². The van der Waals surface area contributed by atoms with Crippen LogP contribution in [0.15, 0.2) is 24.9 Å². The molecule has 5 heteroatoms. The summed E-state index contributed by atoms with van der Waals surface area (Å²) in [5, 5.41) is 3.36. The Hall–Kier alpha value is -1.75. The van der Waals surface area contributed by atoms with Crippen LogP contribution in [0.5, 0.6) is 0 Å². The highest BCUT2D eigenvalue weighted by Crippen LogP contribution is 2.07. The van der Waals surface area contributed by atoms with E-state index in [-0.39, 0.29) is 0 Å². The maximum absolute atomic E-state index is 4.47. The van der Waals surface area contributed by atoms with E-state index in [2.05, 4.69) is 34.1 Å². The molecule has 0 amide bonds. The van der Waals surface area contributed by atoms with E-state index in [0.29, 0.717) is 12.0 Å². The van der Waals surface area contributed by atoms with Crippen LogP contribution in [0.2, 0.25) is 0 Å². The minimum Gasteiger partial charge on any atom is -0.310 e. The predicted molar refractivity (Wildman–Crippen MR) is 65.9 cm³/mol. The van der Waals surface area contributed by atoms with Crippen LogP contribution in [0.1, 0.15) is 25.1 Å². The predicted octanol–water partition coefficient (Wildman–Crippen LogP) is 1.47. The molecule has 1 N–H and O–H groups in total. The highest BCUT2D eigenvalue weighted by Gasteiger charge is 2.05. The molecule has 5 nitrogen and oxygen atoms in total. The molecular weight excluding hydrogens is 214 g/mol. The second kappa shape index (κ2) is 5.05. The summed E-state index contributed by atoms with van der Waals surface area (Å²) in [5.41, 5.74) is 2.12. The molecule has 0 saturated heterocycles. The Morgan fingerprint density at radius 1 is 1.41 bits per heavy atom. The fourth-order valence-electron chi connectivity index (χ4n) is 1.47. The average Bonchev–Trinajstić information content (AvgIpc) is 2.80. The SMILES string of the molecule is Cc1nc(-n2ccnc2)ncc1CNC(C)C. The van der Waals surface area contributed by atoms with Gasteiger partial charge in [0.25, 0.3) is 0 Å². The second-order valence-electron chi connectivity index (χ2n) is 4.29. The van der Waals surface area contributed by atoms with Crippen molar-refractivity contribution in [3.8, 4) is 5.95 Å². The first-order valence-corrected chi connectivity index (χ1v) is 5.71. The van der Waals surface area contributed by atoms with Gasteiger partial charge in [-0.05, 0) is 6.92 Å². The molecule has 0 unspecified atom stereocenters. The maximum atomic E-state index is 4.47. The molecule has 0 fully saturated rings. The van der Waals surface area contributed by atoms with E-state index in [1.807, 2.05) is 19.3 Å². The first-order chi connectivity index (χ1) is 8.16. The first kappa shape index (κ1) is 11.7. The van der Waals surface area contributed by atoms with E-state index in [1.165, 1.54) is 0 Å². The minimum absolute atomic E-state index is 0.461. The van der Waals surface area contributed by atoms with Crippen molar-refractivity contribution >= 4 is 0 Å². The topological polar surface area (TPSA) is 55.6 Å². The molecule has 0 atom stereocenters. The number of aromatic nitrogens is 4. The van der Waals surface area contributed by atoms with Crippen LogP contribution >= 0.6 is 0 Å². The van der Waals surface area contributed by atoms with Crippen molar-refractivity contribution in [2.24, 2.45) is 0 Å². The fourth-order valence-corrected chi connectivity index (χ4v) is 1.47. The fraction of sp³-hybridized carbons (Fsp3) is 0.417. The molecule has 0 aromatic carbocycles. The van der Waals surface area contributed by atoms with Crippen molar-refractivity contribution in [3.63, 3.8) is 0 Å². The molecule has 0 aliphatic heterocycles. The number of aryl methyl sites for hydroxylation is 1. The summed E-state index contributed by atoms with van der Waals surface area (Å²) < 4.78 is 1.80. The van der Waals surface area contributed by atoms with E-state index >= 15 is 0 Å². The van der Waals surface area contributed by atoms with Gasteiger partial charge >= 0.3 is 0 Å². The average molecular weight is 231 g/mol. The van der Waals surface area contributed by atoms with Crippen LogP contribution in [0, 0.1) is 6.92 Å². The lowest BCUT2D eigenvalue weighted by Crippen LogP contribution is -2.22. The molecule has 0 radical (unpaired) electrons. The van der Waals surface area contributed by atoms with Crippen molar-refractivity contribution in [3.05, 3.63) is 36.2 Å². The third-order valence-electron chi connectivity index (χ3n) is 2.50. The number of rotatable bonds is 4. The first-order valence-electron chi connectivity index (χ1n) is 5.71. The molecule has 2 heterocycles. The number of hydrogen-bond donors (Lipinski definition) is 1. The molecule has 2 aromatic heterocycles. The number of imidazole rings is 1. The quantitative estimate of drug-likeness (QED) is 0.865. The molecule has 0 spiro atoms. The summed E-state index contributed by atoms with van der Waals surface area (Å²) in [6.07, 6.45) is 7.11. The van der Waals surface area contributed by atoms with Crippen LogP contribution in [0.4, 0.5) is 0 Å². The van der Waals surface area contributed by atoms with Gasteiger partial charge in [-0.15, -0.1) is 0 Å². The second-order valence-corrected chi connectivity index (χ2v) is 4.29. The Labute approximate surface area is 101 Å². The molecule has 2 aromatic rings. The molecular formula is C12H17N5. The molecule has 0 saturated carbocycles. The van der Waals surface area contributed by atoms with Gasteiger partial charge in [0.05, 0.1) is 0 Å². The molecule has 0 aliphatic rings. The lowest BCUT2D eigenvalue weighted by molar-refractivity contribution is 0.584. The van der Waals surface area contributed by atoms with Gasteiger partial charge in [-0.3, -0.25) is 4.57 Å². The molecule has 17 heavy (non-hydrogen) atoms. The summed E-state index contributed by atoms with van der Waals surface area (Å²) in [4.78, 5) is 12.8. The Bertz CT molecular complexity index is 476. The maximum Gasteiger partial charge on any atom is 0.235 e. The van der Waals surface area contributed by atoms with E-state index in [9.17, 15) is 0 Å². The van der Waals surface area contributed by atoms with Crippen LogP contribution in [-0.2, 0) is 6.54 Å². The van der Waals surface area contributed by atoms with Crippen LogP contribution in [-0.4, -0.2) is 25.6 Å². The van der Waals surface area contributed by atoms with Crippen molar-refractivity contribution < 1.29 is 0 Å². The van der Waals surface area contributed by atoms with Gasteiger partial charge in [0.15, 0.2) is 0 Å². The minimum atomic E-state index is 0.461. The zero-order valence-corrected chi connectivity index (χ0v) is 10.4. The number of nitrogens with one attached hydrogen (secondary N) is 1. The van der Waals surface area contributed by atoms with Crippen molar-refractivity contribution in [2.45, 2.75) is 33.4 Å². The Morgan fingerprint density at radius 2 is 2.24 bits per heavy atom. The van der Waals surface area contributed by atoms with Crippen LogP contribution < -0.4 is 5.32 Å². The van der Waals surface area contributed by atoms with Crippen LogP contribution in [0.3, 0.4) is 0 Å². The summed E-state index contributed by atoms with van der Waals surface area (Å²) in [6.45, 7) is 7.04. The summed E-state index contributed by atoms with van der Waals surface area (Å²) in [5.74, 6) is 0.660. The monoisotopic (exact) mass is 231 g/mol. The third kappa shape index (κ3) is 2.88. The summed E-state index contributed by atoms with van der Waals surface area (Å²) in [6, 6.07) is 0.461. The smallest absolute Gasteiger partial charge is 0.235 e. The van der Waals surface area contributed by atoms with Gasteiger partial charge < -0.3 is 5.32 Å². The molecule has 0 bridgehead atoms. The Kier molecular flexibility index (Phi) is 3.49. The van der Waals surface area contributed by atoms with Crippen molar-refractivity contribution in [1.29, 1.82) is 0 Å². The summed E-state index contributed by atoms with van der Waals surface area (Å²) >= 11 is 0. The third-order valence-corrected chi connectivity index (χ3v) is 2.50. The van der Waals surface area contributed by atoms with Gasteiger partial charge in [0, 0.05) is 42.4 Å². The van der Waals surface area contributed by atoms with Gasteiger partial charge in [0.1, 0.15) is 6.33 Å². The van der Waals surface area contributed by atoms with Crippen molar-refractivity contribution in [1.82, 2.24) is 24.8 Å². The van der Waals surface area contributed by atoms with Crippen LogP contribution in [0.25, 0.3) is 5.95 Å². The van der Waals surface area contributed by atoms with Crippen molar-refractivity contribution in [2.75, 3.05) is 0 Å². The lowest BCUT2D eigenvalue weighted by Gasteiger charge is -2.10. The standard InChI is InChI=1S/C12H17N5/c1-9(2)14-6-11-7-15-12(16-10(11)3)17-5-4-13-8-17/h4-5,7-9,14H,6H2,1-3H3. The van der Waals surface area contributed by atoms with E-state index in [4.69, 9.17) is 0 Å². The molecule has 2 rings (SSSR count). The molecule has 0 aliphatic carbocycles. The summed E-state index contributed by atoms with van der Waals surface area (Å²) in [7, 11) is 0. The normalized spacial score (nSPS) is 11.1.